The number of hydrogen-bond donors (Lipinski definition) is 2. The van der Waals surface area contributed by atoms with Crippen LogP contribution in [0.4, 0.5) is 22.8 Å². The highest BCUT2D eigenvalue weighted by molar-refractivity contribution is 7.90. The van der Waals surface area contributed by atoms with E-state index < -0.39 is 36.1 Å². The van der Waals surface area contributed by atoms with E-state index in [1.807, 2.05) is 0 Å². The van der Waals surface area contributed by atoms with Crippen molar-refractivity contribution in [3.05, 3.63) is 47.3 Å². The lowest BCUT2D eigenvalue weighted by Gasteiger charge is -2.15. The number of carbonyl (C=O) groups excluding carboxylic acids is 1. The number of aromatic nitrogens is 3. The number of para-hydroxylation sites is 1. The number of fused-ring (bicyclic) bond motifs is 1. The van der Waals surface area contributed by atoms with E-state index in [2.05, 4.69) is 20.0 Å². The second kappa shape index (κ2) is 10.8. The van der Waals surface area contributed by atoms with Crippen LogP contribution in [-0.2, 0) is 21.7 Å². The largest absolute Gasteiger partial charge is 0.609 e. The van der Waals surface area contributed by atoms with Crippen molar-refractivity contribution in [1.82, 2.24) is 19.9 Å². The normalized spacial score (nSPS) is 12.4. The standard InChI is InChI=1S/C21H21F3N4O6S/c1-12-4-3-5-15-17(12)27-19(28(15)18(29)26-8-9-33-20(30)31)35(32)10-14-13(2)16(6-7-25-14)34-11-21(22,23)24/h3-7H,8-11H2,1-2H3,(H,26,29)(H,30,31). The Morgan fingerprint density at radius 1 is 1.26 bits per heavy atom. The molecule has 3 aromatic rings. The van der Waals surface area contributed by atoms with Crippen molar-refractivity contribution in [2.75, 3.05) is 19.8 Å². The number of carbonyl (C=O) groups is 2. The number of hydrogen-bond acceptors (Lipinski definition) is 7. The highest BCUT2D eigenvalue weighted by Crippen LogP contribution is 2.28. The van der Waals surface area contributed by atoms with Gasteiger partial charge in [0.25, 0.3) is 0 Å². The van der Waals surface area contributed by atoms with Crippen molar-refractivity contribution >= 4 is 34.4 Å². The molecule has 0 saturated heterocycles. The Morgan fingerprint density at radius 3 is 2.69 bits per heavy atom. The Balaban J connectivity index is 1.89. The van der Waals surface area contributed by atoms with Gasteiger partial charge in [-0.15, -0.1) is 0 Å². The highest BCUT2D eigenvalue weighted by atomic mass is 32.2. The quantitative estimate of drug-likeness (QED) is 0.264. The van der Waals surface area contributed by atoms with Crippen molar-refractivity contribution in [2.45, 2.75) is 30.9 Å². The maximum absolute atomic E-state index is 13.3. The molecule has 0 radical (unpaired) electrons. The summed E-state index contributed by atoms with van der Waals surface area (Å²) in [5, 5.41) is 10.9. The molecular formula is C21H21F3N4O6S. The molecule has 0 spiro atoms. The van der Waals surface area contributed by atoms with Gasteiger partial charge in [-0.1, -0.05) is 12.1 Å². The Morgan fingerprint density at radius 2 is 2.00 bits per heavy atom. The number of benzene rings is 1. The van der Waals surface area contributed by atoms with E-state index in [9.17, 15) is 27.3 Å². The van der Waals surface area contributed by atoms with Crippen molar-refractivity contribution in [1.29, 1.82) is 0 Å². The summed E-state index contributed by atoms with van der Waals surface area (Å²) < 4.78 is 61.2. The lowest BCUT2D eigenvalue weighted by Crippen LogP contribution is -2.33. The molecule has 3 rings (SSSR count). The summed E-state index contributed by atoms with van der Waals surface area (Å²) in [4.78, 5) is 31.9. The summed E-state index contributed by atoms with van der Waals surface area (Å²) in [6.07, 6.45) is -4.77. The molecule has 1 aromatic carbocycles. The van der Waals surface area contributed by atoms with Gasteiger partial charge in [-0.3, -0.25) is 4.98 Å². The van der Waals surface area contributed by atoms with Crippen LogP contribution in [-0.4, -0.2) is 62.3 Å². The molecule has 0 aliphatic rings. The fourth-order valence-corrected chi connectivity index (χ4v) is 4.40. The molecule has 2 N–H and O–H groups in total. The lowest BCUT2D eigenvalue weighted by atomic mass is 10.2. The van der Waals surface area contributed by atoms with Crippen LogP contribution in [0, 0.1) is 13.8 Å². The number of carboxylic acid groups (broad SMARTS) is 1. The molecule has 14 heteroatoms. The third-order valence-electron chi connectivity index (χ3n) is 4.78. The lowest BCUT2D eigenvalue weighted by molar-refractivity contribution is -0.153. The number of imidazole rings is 1. The van der Waals surface area contributed by atoms with Gasteiger partial charge in [0.15, 0.2) is 12.4 Å². The minimum Gasteiger partial charge on any atom is -0.609 e. The summed E-state index contributed by atoms with van der Waals surface area (Å²) in [5.41, 5.74) is 2.02. The van der Waals surface area contributed by atoms with E-state index in [1.54, 1.807) is 25.1 Å². The molecule has 0 aliphatic heterocycles. The van der Waals surface area contributed by atoms with Crippen molar-refractivity contribution < 1.29 is 41.9 Å². The van der Waals surface area contributed by atoms with Gasteiger partial charge in [-0.25, -0.2) is 14.2 Å². The molecule has 188 valence electrons. The third-order valence-corrected chi connectivity index (χ3v) is 6.00. The first kappa shape index (κ1) is 26.1. The van der Waals surface area contributed by atoms with Crippen molar-refractivity contribution in [3.63, 3.8) is 0 Å². The summed E-state index contributed by atoms with van der Waals surface area (Å²) in [6.45, 7) is 1.34. The SMILES string of the molecule is Cc1c(OCC(F)(F)F)ccnc1C[S+]([O-])c1nc2c(C)cccc2n1C(=O)NCCOC(=O)O. The van der Waals surface area contributed by atoms with Crippen LogP contribution in [0.2, 0.25) is 0 Å². The van der Waals surface area contributed by atoms with Crippen molar-refractivity contribution in [2.24, 2.45) is 0 Å². The van der Waals surface area contributed by atoms with Gasteiger partial charge in [-0.05, 0) is 31.5 Å². The van der Waals surface area contributed by atoms with Gasteiger partial charge >= 0.3 is 23.5 Å². The van der Waals surface area contributed by atoms with Crippen LogP contribution in [0.5, 0.6) is 5.75 Å². The molecule has 2 aromatic heterocycles. The number of pyridine rings is 1. The van der Waals surface area contributed by atoms with Gasteiger partial charge in [-0.2, -0.15) is 18.2 Å². The van der Waals surface area contributed by atoms with Gasteiger partial charge in [0.2, 0.25) is 0 Å². The Kier molecular flexibility index (Phi) is 8.07. The zero-order valence-corrected chi connectivity index (χ0v) is 19.4. The molecule has 35 heavy (non-hydrogen) atoms. The molecule has 0 aliphatic carbocycles. The molecule has 0 fully saturated rings. The van der Waals surface area contributed by atoms with Crippen LogP contribution in [0.25, 0.3) is 11.0 Å². The molecule has 1 amide bonds. The molecular weight excluding hydrogens is 493 g/mol. The average Bonchev–Trinajstić information content (AvgIpc) is 3.18. The molecule has 0 saturated carbocycles. The van der Waals surface area contributed by atoms with E-state index >= 15 is 0 Å². The number of nitrogens with one attached hydrogen (secondary N) is 1. The van der Waals surface area contributed by atoms with E-state index in [0.717, 1.165) is 10.1 Å². The smallest absolute Gasteiger partial charge is 0.505 e. The summed E-state index contributed by atoms with van der Waals surface area (Å²) in [6, 6.07) is 5.63. The molecule has 10 nitrogen and oxygen atoms in total. The number of amides is 1. The Hall–Kier alpha value is -3.52. The van der Waals surface area contributed by atoms with Crippen LogP contribution < -0.4 is 10.1 Å². The average molecular weight is 514 g/mol. The third kappa shape index (κ3) is 6.54. The Bertz CT molecular complexity index is 1230. The number of rotatable bonds is 8. The first-order valence-corrected chi connectivity index (χ1v) is 11.4. The van der Waals surface area contributed by atoms with Gasteiger partial charge in [0.05, 0.1) is 23.3 Å². The second-order valence-corrected chi connectivity index (χ2v) is 8.64. The van der Waals surface area contributed by atoms with E-state index in [0.29, 0.717) is 11.0 Å². The second-order valence-electron chi connectivity index (χ2n) is 7.29. The van der Waals surface area contributed by atoms with Gasteiger partial charge in [0, 0.05) is 22.9 Å². The van der Waals surface area contributed by atoms with Crippen LogP contribution >= 0.6 is 0 Å². The van der Waals surface area contributed by atoms with E-state index in [1.165, 1.54) is 19.2 Å². The number of ether oxygens (including phenoxy) is 2. The number of halogens is 3. The van der Waals surface area contributed by atoms with Gasteiger partial charge < -0.3 is 24.4 Å². The highest BCUT2D eigenvalue weighted by Gasteiger charge is 2.30. The maximum Gasteiger partial charge on any atom is 0.505 e. The minimum atomic E-state index is -4.52. The van der Waals surface area contributed by atoms with Crippen molar-refractivity contribution in [3.8, 4) is 5.75 Å². The summed E-state index contributed by atoms with van der Waals surface area (Å²) >= 11 is -1.94. The summed E-state index contributed by atoms with van der Waals surface area (Å²) in [5.74, 6) is -0.294. The zero-order chi connectivity index (χ0) is 25.8. The van der Waals surface area contributed by atoms with Crippen LogP contribution in [0.1, 0.15) is 16.8 Å². The maximum atomic E-state index is 13.3. The fraction of sp³-hybridized carbons (Fsp3) is 0.333. The Labute approximate surface area is 200 Å². The fourth-order valence-electron chi connectivity index (χ4n) is 3.15. The number of nitrogens with zero attached hydrogens (tertiary/aromatic N) is 3. The molecule has 0 bridgehead atoms. The molecule has 1 atom stereocenters. The topological polar surface area (TPSA) is 139 Å². The summed E-state index contributed by atoms with van der Waals surface area (Å²) in [7, 11) is 0. The zero-order valence-electron chi connectivity index (χ0n) is 18.6. The predicted molar refractivity (Wildman–Crippen MR) is 118 cm³/mol. The number of aryl methyl sites for hydroxylation is 1. The number of alkyl halides is 3. The molecule has 1 unspecified atom stereocenters. The first-order chi connectivity index (χ1) is 16.5. The first-order valence-electron chi connectivity index (χ1n) is 10.1. The predicted octanol–water partition coefficient (Wildman–Crippen LogP) is 3.55. The minimum absolute atomic E-state index is 0.0511. The van der Waals surface area contributed by atoms with Crippen LogP contribution in [0.3, 0.4) is 0 Å². The van der Waals surface area contributed by atoms with E-state index in [4.69, 9.17) is 9.84 Å². The van der Waals surface area contributed by atoms with Crippen LogP contribution in [0.15, 0.2) is 35.6 Å². The van der Waals surface area contributed by atoms with E-state index in [-0.39, 0.29) is 41.1 Å². The monoisotopic (exact) mass is 514 g/mol. The molecule has 2 heterocycles. The van der Waals surface area contributed by atoms with Gasteiger partial charge in [0.1, 0.15) is 12.4 Å².